The summed E-state index contributed by atoms with van der Waals surface area (Å²) in [4.78, 5) is 24.6. The van der Waals surface area contributed by atoms with E-state index in [9.17, 15) is 22.4 Å². The van der Waals surface area contributed by atoms with Crippen molar-refractivity contribution in [3.05, 3.63) is 89.2 Å². The molecule has 0 saturated heterocycles. The van der Waals surface area contributed by atoms with Gasteiger partial charge in [-0.15, -0.1) is 0 Å². The first-order chi connectivity index (χ1) is 16.1. The molecule has 0 aliphatic heterocycles. The summed E-state index contributed by atoms with van der Waals surface area (Å²) >= 11 is 0. The van der Waals surface area contributed by atoms with Crippen LogP contribution in [0, 0.1) is 19.7 Å². The molecule has 3 rings (SSSR count). The lowest BCUT2D eigenvalue weighted by atomic mass is 10.1. The van der Waals surface area contributed by atoms with Crippen molar-refractivity contribution in [2.24, 2.45) is 0 Å². The maximum Gasteiger partial charge on any atom is 0.279 e. The van der Waals surface area contributed by atoms with Crippen LogP contribution in [0.3, 0.4) is 0 Å². The number of hydrazine groups is 1. The minimum Gasteiger partial charge on any atom is -0.481 e. The van der Waals surface area contributed by atoms with Crippen molar-refractivity contribution in [1.82, 2.24) is 10.9 Å². The van der Waals surface area contributed by atoms with E-state index in [0.29, 0.717) is 5.75 Å². The Labute approximate surface area is 197 Å². The van der Waals surface area contributed by atoms with Gasteiger partial charge in [0.05, 0.1) is 4.90 Å². The second-order valence-corrected chi connectivity index (χ2v) is 9.22. The van der Waals surface area contributed by atoms with E-state index in [1.807, 2.05) is 26.0 Å². The Kier molecular flexibility index (Phi) is 7.52. The molecule has 3 aromatic rings. The number of anilines is 1. The number of carbonyl (C=O) groups excluding carboxylic acids is 2. The molecule has 34 heavy (non-hydrogen) atoms. The number of hydrogen-bond acceptors (Lipinski definition) is 5. The molecule has 178 valence electrons. The third kappa shape index (κ3) is 6.10. The van der Waals surface area contributed by atoms with Gasteiger partial charge in [-0.1, -0.05) is 12.1 Å². The number of hydrogen-bond donors (Lipinski definition) is 3. The van der Waals surface area contributed by atoms with Gasteiger partial charge < -0.3 is 4.74 Å². The number of aryl methyl sites for hydroxylation is 1. The van der Waals surface area contributed by atoms with Gasteiger partial charge in [0, 0.05) is 11.3 Å². The van der Waals surface area contributed by atoms with Crippen LogP contribution in [0.15, 0.2) is 71.6 Å². The van der Waals surface area contributed by atoms with Crippen molar-refractivity contribution in [2.75, 3.05) is 4.72 Å². The predicted molar refractivity (Wildman–Crippen MR) is 125 cm³/mol. The molecule has 0 radical (unpaired) electrons. The number of nitrogens with one attached hydrogen (secondary N) is 3. The van der Waals surface area contributed by atoms with Gasteiger partial charge in [0.15, 0.2) is 6.10 Å². The molecule has 3 N–H and O–H groups in total. The largest absolute Gasteiger partial charge is 0.481 e. The first kappa shape index (κ1) is 24.7. The topological polar surface area (TPSA) is 114 Å². The van der Waals surface area contributed by atoms with Crippen LogP contribution in [0.25, 0.3) is 0 Å². The van der Waals surface area contributed by atoms with Gasteiger partial charge >= 0.3 is 0 Å². The Bertz CT molecular complexity index is 1290. The van der Waals surface area contributed by atoms with Crippen LogP contribution < -0.4 is 20.3 Å². The smallest absolute Gasteiger partial charge is 0.279 e. The van der Waals surface area contributed by atoms with Crippen molar-refractivity contribution in [2.45, 2.75) is 31.8 Å². The Hall–Kier alpha value is -3.92. The lowest BCUT2D eigenvalue weighted by molar-refractivity contribution is -0.128. The zero-order valence-electron chi connectivity index (χ0n) is 18.8. The number of carbonyl (C=O) groups is 2. The van der Waals surface area contributed by atoms with E-state index in [4.69, 9.17) is 4.74 Å². The van der Waals surface area contributed by atoms with Gasteiger partial charge in [0.2, 0.25) is 0 Å². The second-order valence-electron chi connectivity index (χ2n) is 7.54. The van der Waals surface area contributed by atoms with Gasteiger partial charge in [-0.25, -0.2) is 12.8 Å². The summed E-state index contributed by atoms with van der Waals surface area (Å²) < 4.78 is 46.0. The van der Waals surface area contributed by atoms with Gasteiger partial charge in [0.1, 0.15) is 11.6 Å². The first-order valence-electron chi connectivity index (χ1n) is 10.3. The van der Waals surface area contributed by atoms with Gasteiger partial charge in [0.25, 0.3) is 21.8 Å². The highest BCUT2D eigenvalue weighted by Gasteiger charge is 2.18. The third-order valence-electron chi connectivity index (χ3n) is 5.05. The molecule has 0 fully saturated rings. The summed E-state index contributed by atoms with van der Waals surface area (Å²) in [6.07, 6.45) is -0.870. The highest BCUT2D eigenvalue weighted by Crippen LogP contribution is 2.22. The summed E-state index contributed by atoms with van der Waals surface area (Å²) in [5.74, 6) is -1.11. The Morgan fingerprint density at radius 3 is 2.21 bits per heavy atom. The van der Waals surface area contributed by atoms with Crippen molar-refractivity contribution >= 4 is 27.5 Å². The normalized spacial score (nSPS) is 11.9. The molecule has 0 heterocycles. The minimum atomic E-state index is -3.93. The zero-order valence-corrected chi connectivity index (χ0v) is 19.6. The number of halogens is 1. The highest BCUT2D eigenvalue weighted by atomic mass is 32.2. The molecule has 8 nitrogen and oxygen atoms in total. The van der Waals surface area contributed by atoms with Gasteiger partial charge in [-0.3, -0.25) is 25.2 Å². The molecule has 10 heteroatoms. The fraction of sp³-hybridized carbons (Fsp3) is 0.167. The fourth-order valence-electron chi connectivity index (χ4n) is 2.91. The standard InChI is InChI=1S/C24H24FN3O5S/c1-15-5-4-6-22(16(15)2)33-17(3)23(29)26-27-24(30)18-7-13-21(14-8-18)34(31,32)28-20-11-9-19(25)10-12-20/h4-14,17,28H,1-3H3,(H,26,29)(H,27,30). The first-order valence-corrected chi connectivity index (χ1v) is 11.8. The van der Waals surface area contributed by atoms with E-state index in [2.05, 4.69) is 15.6 Å². The number of benzene rings is 3. The average molecular weight is 486 g/mol. The fourth-order valence-corrected chi connectivity index (χ4v) is 3.96. The summed E-state index contributed by atoms with van der Waals surface area (Å²) in [5, 5.41) is 0. The molecule has 1 atom stereocenters. The molecule has 0 bridgehead atoms. The van der Waals surface area contributed by atoms with Gasteiger partial charge in [-0.2, -0.15) is 0 Å². The number of rotatable bonds is 7. The van der Waals surface area contributed by atoms with E-state index in [0.717, 1.165) is 23.3 Å². The van der Waals surface area contributed by atoms with E-state index < -0.39 is 33.8 Å². The zero-order chi connectivity index (χ0) is 24.9. The van der Waals surface area contributed by atoms with Crippen molar-refractivity contribution < 1.29 is 27.1 Å². The maximum atomic E-state index is 13.0. The molecule has 2 amide bonds. The summed E-state index contributed by atoms with van der Waals surface area (Å²) in [6.45, 7) is 5.37. The van der Waals surface area contributed by atoms with Crippen LogP contribution in [-0.4, -0.2) is 26.3 Å². The maximum absolute atomic E-state index is 13.0. The van der Waals surface area contributed by atoms with Crippen molar-refractivity contribution in [3.8, 4) is 5.75 Å². The number of ether oxygens (including phenoxy) is 1. The average Bonchev–Trinajstić information content (AvgIpc) is 2.81. The molecular formula is C24H24FN3O5S. The van der Waals surface area contributed by atoms with Crippen LogP contribution in [0.5, 0.6) is 5.75 Å². The molecule has 0 aromatic heterocycles. The molecule has 0 aliphatic carbocycles. The van der Waals surface area contributed by atoms with Gasteiger partial charge in [-0.05, 0) is 86.5 Å². The lowest BCUT2D eigenvalue weighted by Gasteiger charge is -2.17. The predicted octanol–water partition coefficient (Wildman–Crippen LogP) is 3.47. The van der Waals surface area contributed by atoms with Crippen LogP contribution in [0.4, 0.5) is 10.1 Å². The molecule has 0 aliphatic rings. The van der Waals surface area contributed by atoms with Crippen LogP contribution in [0.2, 0.25) is 0 Å². The summed E-state index contributed by atoms with van der Waals surface area (Å²) in [7, 11) is -3.93. The quantitative estimate of drug-likeness (QED) is 0.444. The van der Waals surface area contributed by atoms with E-state index in [1.165, 1.54) is 36.4 Å². The molecular weight excluding hydrogens is 461 g/mol. The van der Waals surface area contributed by atoms with E-state index in [1.54, 1.807) is 13.0 Å². The Morgan fingerprint density at radius 1 is 0.912 bits per heavy atom. The molecule has 0 saturated carbocycles. The SMILES string of the molecule is Cc1cccc(OC(C)C(=O)NNC(=O)c2ccc(S(=O)(=O)Nc3ccc(F)cc3)cc2)c1C. The minimum absolute atomic E-state index is 0.0899. The Balaban J connectivity index is 1.57. The number of sulfonamides is 1. The summed E-state index contributed by atoms with van der Waals surface area (Å²) in [6, 6.07) is 15.5. The third-order valence-corrected chi connectivity index (χ3v) is 6.45. The molecule has 0 spiro atoms. The van der Waals surface area contributed by atoms with Crippen LogP contribution >= 0.6 is 0 Å². The van der Waals surface area contributed by atoms with E-state index in [-0.39, 0.29) is 16.1 Å². The lowest BCUT2D eigenvalue weighted by Crippen LogP contribution is -2.47. The monoisotopic (exact) mass is 485 g/mol. The highest BCUT2D eigenvalue weighted by molar-refractivity contribution is 7.92. The van der Waals surface area contributed by atoms with Crippen LogP contribution in [-0.2, 0) is 14.8 Å². The molecule has 3 aromatic carbocycles. The Morgan fingerprint density at radius 2 is 1.56 bits per heavy atom. The molecule has 1 unspecified atom stereocenters. The van der Waals surface area contributed by atoms with E-state index >= 15 is 0 Å². The second kappa shape index (κ2) is 10.3. The van der Waals surface area contributed by atoms with Crippen molar-refractivity contribution in [1.29, 1.82) is 0 Å². The van der Waals surface area contributed by atoms with Crippen molar-refractivity contribution in [3.63, 3.8) is 0 Å². The summed E-state index contributed by atoms with van der Waals surface area (Å²) in [5.41, 5.74) is 6.83. The number of amides is 2. The van der Waals surface area contributed by atoms with Crippen LogP contribution in [0.1, 0.15) is 28.4 Å².